The summed E-state index contributed by atoms with van der Waals surface area (Å²) in [5.74, 6) is 0.697. The van der Waals surface area contributed by atoms with Crippen LogP contribution >= 0.6 is 0 Å². The van der Waals surface area contributed by atoms with Crippen molar-refractivity contribution < 1.29 is 23.8 Å². The molecule has 2 heterocycles. The minimum atomic E-state index is -0.519. The third-order valence-electron chi connectivity index (χ3n) is 6.97. The van der Waals surface area contributed by atoms with Gasteiger partial charge in [-0.15, -0.1) is 0 Å². The molecular formula is C27H28FN3O4. The summed E-state index contributed by atoms with van der Waals surface area (Å²) in [6.45, 7) is 0.504. The molecule has 0 spiro atoms. The number of phenolic OH excluding ortho intramolecular Hbond substituents is 1. The molecule has 2 fully saturated rings. The van der Waals surface area contributed by atoms with E-state index in [2.05, 4.69) is 10.9 Å². The number of halogens is 1. The SMILES string of the molecule is COc1ccc(CCN2C(=O)C3NNC(c4cc(F)ccc4O)C3C2c2cccc(OC)c2)cc1. The smallest absolute Gasteiger partial charge is 0.242 e. The van der Waals surface area contributed by atoms with Crippen LogP contribution in [0.4, 0.5) is 4.39 Å². The summed E-state index contributed by atoms with van der Waals surface area (Å²) in [7, 11) is 3.23. The molecule has 0 aromatic heterocycles. The Bertz CT molecular complexity index is 1220. The maximum Gasteiger partial charge on any atom is 0.242 e. The van der Waals surface area contributed by atoms with Crippen LogP contribution in [0.1, 0.15) is 28.8 Å². The van der Waals surface area contributed by atoms with E-state index in [0.717, 1.165) is 16.9 Å². The molecule has 2 aliphatic rings. The standard InChI is InChI=1S/C27H28FN3O4/c1-34-19-9-6-16(7-10-19)12-13-31-26(17-4-3-5-20(14-17)35-2)23-24(29-30-25(23)27(31)33)21-15-18(28)8-11-22(21)32/h3-11,14-15,23-26,29-30,32H,12-13H2,1-2H3. The van der Waals surface area contributed by atoms with Crippen molar-refractivity contribution in [1.29, 1.82) is 0 Å². The number of nitrogens with zero attached hydrogens (tertiary/aromatic N) is 1. The number of fused-ring (bicyclic) bond motifs is 1. The summed E-state index contributed by atoms with van der Waals surface area (Å²) in [6, 6.07) is 18.1. The Balaban J connectivity index is 1.51. The first-order valence-electron chi connectivity index (χ1n) is 11.6. The molecule has 2 saturated heterocycles. The minimum absolute atomic E-state index is 0.0140. The summed E-state index contributed by atoms with van der Waals surface area (Å²) < 4.78 is 24.8. The van der Waals surface area contributed by atoms with Crippen LogP contribution in [0.3, 0.4) is 0 Å². The van der Waals surface area contributed by atoms with E-state index in [-0.39, 0.29) is 23.6 Å². The fraction of sp³-hybridized carbons (Fsp3) is 0.296. The van der Waals surface area contributed by atoms with E-state index in [9.17, 15) is 14.3 Å². The summed E-state index contributed by atoms with van der Waals surface area (Å²) >= 11 is 0. The molecule has 3 aromatic carbocycles. The third kappa shape index (κ3) is 4.31. The largest absolute Gasteiger partial charge is 0.508 e. The molecule has 0 bridgehead atoms. The van der Waals surface area contributed by atoms with Crippen molar-refractivity contribution in [2.45, 2.75) is 24.5 Å². The molecule has 5 rings (SSSR count). The van der Waals surface area contributed by atoms with Gasteiger partial charge in [0.2, 0.25) is 5.91 Å². The van der Waals surface area contributed by atoms with E-state index < -0.39 is 17.9 Å². The molecule has 35 heavy (non-hydrogen) atoms. The topological polar surface area (TPSA) is 83.1 Å². The Labute approximate surface area is 203 Å². The van der Waals surface area contributed by atoms with Crippen LogP contribution in [0, 0.1) is 11.7 Å². The monoisotopic (exact) mass is 477 g/mol. The van der Waals surface area contributed by atoms with Gasteiger partial charge >= 0.3 is 0 Å². The number of carbonyl (C=O) groups excluding carboxylic acids is 1. The quantitative estimate of drug-likeness (QED) is 0.483. The zero-order valence-electron chi connectivity index (χ0n) is 19.6. The van der Waals surface area contributed by atoms with Crippen molar-refractivity contribution in [2.24, 2.45) is 5.92 Å². The molecule has 3 N–H and O–H groups in total. The first-order chi connectivity index (χ1) is 17.0. The van der Waals surface area contributed by atoms with Gasteiger partial charge in [-0.05, 0) is 60.0 Å². The van der Waals surface area contributed by atoms with Crippen LogP contribution < -0.4 is 20.3 Å². The zero-order valence-corrected chi connectivity index (χ0v) is 19.6. The molecule has 182 valence electrons. The Morgan fingerprint density at radius 3 is 2.43 bits per heavy atom. The molecule has 1 amide bonds. The number of amides is 1. The molecule has 4 atom stereocenters. The lowest BCUT2D eigenvalue weighted by Gasteiger charge is -2.31. The number of hydrogen-bond acceptors (Lipinski definition) is 6. The maximum absolute atomic E-state index is 14.1. The number of likely N-dealkylation sites (tertiary alicyclic amines) is 1. The van der Waals surface area contributed by atoms with Gasteiger partial charge in [0.05, 0.1) is 26.3 Å². The average Bonchev–Trinajstić information content (AvgIpc) is 3.43. The fourth-order valence-electron chi connectivity index (χ4n) is 5.26. The van der Waals surface area contributed by atoms with Gasteiger partial charge in [-0.25, -0.2) is 15.2 Å². The second-order valence-electron chi connectivity index (χ2n) is 8.88. The molecule has 2 aliphatic heterocycles. The molecule has 0 aliphatic carbocycles. The highest BCUT2D eigenvalue weighted by Crippen LogP contribution is 2.49. The van der Waals surface area contributed by atoms with Gasteiger partial charge in [-0.2, -0.15) is 0 Å². The molecular weight excluding hydrogens is 449 g/mol. The minimum Gasteiger partial charge on any atom is -0.508 e. The van der Waals surface area contributed by atoms with Crippen molar-refractivity contribution in [1.82, 2.24) is 15.8 Å². The lowest BCUT2D eigenvalue weighted by atomic mass is 9.83. The van der Waals surface area contributed by atoms with Crippen molar-refractivity contribution in [3.8, 4) is 17.2 Å². The second-order valence-corrected chi connectivity index (χ2v) is 8.88. The third-order valence-corrected chi connectivity index (χ3v) is 6.97. The van der Waals surface area contributed by atoms with E-state index in [1.807, 2.05) is 53.4 Å². The van der Waals surface area contributed by atoms with Crippen LogP contribution in [0.25, 0.3) is 0 Å². The normalized spacial score (nSPS) is 23.4. The summed E-state index contributed by atoms with van der Waals surface area (Å²) in [6.07, 6.45) is 0.666. The van der Waals surface area contributed by atoms with Gasteiger partial charge in [0.1, 0.15) is 29.1 Å². The van der Waals surface area contributed by atoms with Crippen LogP contribution in [0.15, 0.2) is 66.7 Å². The number of ether oxygens (including phenoxy) is 2. The van der Waals surface area contributed by atoms with Crippen LogP contribution in [-0.2, 0) is 11.2 Å². The number of rotatable bonds is 7. The molecule has 4 unspecified atom stereocenters. The number of nitrogens with one attached hydrogen (secondary N) is 2. The number of hydrazine groups is 1. The number of methoxy groups -OCH3 is 2. The van der Waals surface area contributed by atoms with E-state index in [1.165, 1.54) is 18.2 Å². The molecule has 7 nitrogen and oxygen atoms in total. The van der Waals surface area contributed by atoms with E-state index in [4.69, 9.17) is 9.47 Å². The predicted octanol–water partition coefficient (Wildman–Crippen LogP) is 3.51. The lowest BCUT2D eigenvalue weighted by molar-refractivity contribution is -0.130. The van der Waals surface area contributed by atoms with E-state index in [1.54, 1.807) is 14.2 Å². The Kier molecular flexibility index (Phi) is 6.32. The highest BCUT2D eigenvalue weighted by molar-refractivity contribution is 5.86. The van der Waals surface area contributed by atoms with Crippen LogP contribution in [0.2, 0.25) is 0 Å². The van der Waals surface area contributed by atoms with Crippen molar-refractivity contribution in [3.05, 3.63) is 89.2 Å². The highest BCUT2D eigenvalue weighted by Gasteiger charge is 2.55. The van der Waals surface area contributed by atoms with Crippen LogP contribution in [0.5, 0.6) is 17.2 Å². The Hall–Kier alpha value is -3.62. The Morgan fingerprint density at radius 2 is 1.69 bits per heavy atom. The second kappa shape index (κ2) is 9.56. The number of phenols is 1. The van der Waals surface area contributed by atoms with E-state index >= 15 is 0 Å². The molecule has 8 heteroatoms. The van der Waals surface area contributed by atoms with Gasteiger partial charge in [0.25, 0.3) is 0 Å². The summed E-state index contributed by atoms with van der Waals surface area (Å²) in [5.41, 5.74) is 8.68. The first-order valence-corrected chi connectivity index (χ1v) is 11.6. The van der Waals surface area contributed by atoms with Crippen molar-refractivity contribution in [2.75, 3.05) is 20.8 Å². The van der Waals surface area contributed by atoms with Gasteiger partial charge in [-0.1, -0.05) is 24.3 Å². The summed E-state index contributed by atoms with van der Waals surface area (Å²) in [4.78, 5) is 15.5. The summed E-state index contributed by atoms with van der Waals surface area (Å²) in [5, 5.41) is 10.5. The molecule has 0 saturated carbocycles. The van der Waals surface area contributed by atoms with E-state index in [0.29, 0.717) is 24.3 Å². The first kappa shape index (κ1) is 23.1. The fourth-order valence-corrected chi connectivity index (χ4v) is 5.26. The number of carbonyl (C=O) groups is 1. The van der Waals surface area contributed by atoms with Gasteiger partial charge in [0, 0.05) is 18.0 Å². The highest BCUT2D eigenvalue weighted by atomic mass is 19.1. The molecule has 0 radical (unpaired) electrons. The number of aromatic hydroxyl groups is 1. The number of benzene rings is 3. The number of hydrogen-bond donors (Lipinski definition) is 3. The molecule has 3 aromatic rings. The van der Waals surface area contributed by atoms with Crippen molar-refractivity contribution >= 4 is 5.91 Å². The lowest BCUT2D eigenvalue weighted by Crippen LogP contribution is -2.42. The van der Waals surface area contributed by atoms with Gasteiger partial charge in [-0.3, -0.25) is 4.79 Å². The van der Waals surface area contributed by atoms with Gasteiger partial charge in [0.15, 0.2) is 0 Å². The van der Waals surface area contributed by atoms with Crippen LogP contribution in [-0.4, -0.2) is 42.7 Å². The average molecular weight is 478 g/mol. The predicted molar refractivity (Wildman–Crippen MR) is 129 cm³/mol. The van der Waals surface area contributed by atoms with Gasteiger partial charge < -0.3 is 19.5 Å². The van der Waals surface area contributed by atoms with Crippen molar-refractivity contribution in [3.63, 3.8) is 0 Å². The Morgan fingerprint density at radius 1 is 0.943 bits per heavy atom. The maximum atomic E-state index is 14.1. The zero-order chi connectivity index (χ0) is 24.5.